The molecule has 21 heavy (non-hydrogen) atoms. The molecule has 1 rings (SSSR count). The minimum atomic E-state index is -3.75. The molecule has 0 aliphatic heterocycles. The first-order valence-electron chi connectivity index (χ1n) is 6.67. The maximum Gasteiger partial charge on any atom is 0.289 e. The largest absolute Gasteiger partial charge is 0.289 e. The van der Waals surface area contributed by atoms with Gasteiger partial charge in [-0.05, 0) is 24.5 Å². The third kappa shape index (κ3) is 5.61. The Bertz CT molecular complexity index is 602. The Labute approximate surface area is 129 Å². The molecule has 0 bridgehead atoms. The first kappa shape index (κ1) is 17.9. The Morgan fingerprint density at radius 1 is 1.33 bits per heavy atom. The van der Waals surface area contributed by atoms with E-state index in [-0.39, 0.29) is 9.92 Å². The average Bonchev–Trinajstić information content (AvgIpc) is 2.37. The molecule has 0 unspecified atom stereocenters. The molecule has 0 aliphatic carbocycles. The van der Waals surface area contributed by atoms with E-state index < -0.39 is 20.6 Å². The number of hydrogen-bond donors (Lipinski definition) is 1. The van der Waals surface area contributed by atoms with E-state index in [0.717, 1.165) is 25.3 Å². The predicted octanol–water partition coefficient (Wildman–Crippen LogP) is 3.35. The predicted molar refractivity (Wildman–Crippen MR) is 82.0 cm³/mol. The molecule has 0 atom stereocenters. The van der Waals surface area contributed by atoms with E-state index in [1.807, 2.05) is 0 Å². The molecule has 118 valence electrons. The number of nitro benzene ring substituents is 1. The van der Waals surface area contributed by atoms with Crippen molar-refractivity contribution in [3.63, 3.8) is 0 Å². The van der Waals surface area contributed by atoms with Crippen LogP contribution in [0.3, 0.4) is 0 Å². The van der Waals surface area contributed by atoms with Crippen LogP contribution in [0.5, 0.6) is 0 Å². The minimum Gasteiger partial charge on any atom is -0.258 e. The molecule has 0 radical (unpaired) electrons. The molecule has 0 spiro atoms. The van der Waals surface area contributed by atoms with E-state index in [1.165, 1.54) is 12.1 Å². The summed E-state index contributed by atoms with van der Waals surface area (Å²) in [5.74, 6) is 0.584. The lowest BCUT2D eigenvalue weighted by Crippen LogP contribution is -2.24. The van der Waals surface area contributed by atoms with E-state index in [1.54, 1.807) is 0 Å². The van der Waals surface area contributed by atoms with Crippen LogP contribution in [0.4, 0.5) is 5.69 Å². The number of nitro groups is 1. The highest BCUT2D eigenvalue weighted by atomic mass is 35.5. The number of nitrogens with one attached hydrogen (secondary N) is 1. The summed E-state index contributed by atoms with van der Waals surface area (Å²) >= 11 is 5.66. The van der Waals surface area contributed by atoms with Crippen molar-refractivity contribution in [2.24, 2.45) is 5.92 Å². The van der Waals surface area contributed by atoms with Crippen LogP contribution in [-0.2, 0) is 10.0 Å². The third-order valence-electron chi connectivity index (χ3n) is 2.92. The van der Waals surface area contributed by atoms with Gasteiger partial charge in [-0.15, -0.1) is 0 Å². The molecule has 0 heterocycles. The van der Waals surface area contributed by atoms with Crippen molar-refractivity contribution >= 4 is 27.3 Å². The van der Waals surface area contributed by atoms with Crippen LogP contribution in [0.2, 0.25) is 5.02 Å². The van der Waals surface area contributed by atoms with Gasteiger partial charge in [0.15, 0.2) is 0 Å². The molecule has 6 nitrogen and oxygen atoms in total. The van der Waals surface area contributed by atoms with Crippen molar-refractivity contribution < 1.29 is 13.3 Å². The fraction of sp³-hybridized carbons (Fsp3) is 0.538. The van der Waals surface area contributed by atoms with Gasteiger partial charge in [0.05, 0.1) is 9.82 Å². The van der Waals surface area contributed by atoms with Gasteiger partial charge in [0.2, 0.25) is 10.0 Å². The quantitative estimate of drug-likeness (QED) is 0.448. The zero-order valence-electron chi connectivity index (χ0n) is 12.0. The minimum absolute atomic E-state index is 0.0871. The molecule has 0 fully saturated rings. The number of benzene rings is 1. The Hall–Kier alpha value is -1.18. The zero-order chi connectivity index (χ0) is 16.0. The normalized spacial score (nSPS) is 11.8. The van der Waals surface area contributed by atoms with Crippen LogP contribution in [0, 0.1) is 16.0 Å². The molecule has 0 aromatic heterocycles. The maximum absolute atomic E-state index is 12.0. The molecular formula is C13H19ClN2O4S. The standard InChI is InChI=1S/C13H19ClN2O4S/c1-10(2)5-3-4-8-15-21(19,20)11-6-7-12(14)13(9-11)16(17)18/h6-7,9-10,15H,3-5,8H2,1-2H3. The third-order valence-corrected chi connectivity index (χ3v) is 4.70. The number of hydrogen-bond acceptors (Lipinski definition) is 4. The lowest BCUT2D eigenvalue weighted by Gasteiger charge is -2.08. The summed E-state index contributed by atoms with van der Waals surface area (Å²) in [6.07, 6.45) is 2.70. The van der Waals surface area contributed by atoms with Crippen molar-refractivity contribution in [2.75, 3.05) is 6.54 Å². The second kappa shape index (κ2) is 7.72. The molecule has 0 aliphatic rings. The summed E-state index contributed by atoms with van der Waals surface area (Å²) in [7, 11) is -3.75. The Balaban J connectivity index is 2.70. The summed E-state index contributed by atoms with van der Waals surface area (Å²) in [4.78, 5) is 9.91. The monoisotopic (exact) mass is 334 g/mol. The molecule has 0 saturated carbocycles. The Morgan fingerprint density at radius 3 is 2.57 bits per heavy atom. The number of rotatable bonds is 8. The molecule has 1 aromatic rings. The van der Waals surface area contributed by atoms with E-state index in [4.69, 9.17) is 11.6 Å². The van der Waals surface area contributed by atoms with Gasteiger partial charge >= 0.3 is 0 Å². The maximum atomic E-state index is 12.0. The SMILES string of the molecule is CC(C)CCCCNS(=O)(=O)c1ccc(Cl)c([N+](=O)[O-])c1. The van der Waals surface area contributed by atoms with Crippen LogP contribution in [0.15, 0.2) is 23.1 Å². The summed E-state index contributed by atoms with van der Waals surface area (Å²) in [5.41, 5.74) is -0.417. The summed E-state index contributed by atoms with van der Waals surface area (Å²) < 4.78 is 26.5. The molecule has 0 saturated heterocycles. The fourth-order valence-electron chi connectivity index (χ4n) is 1.77. The molecule has 1 N–H and O–H groups in total. The Kier molecular flexibility index (Phi) is 6.57. The van der Waals surface area contributed by atoms with Gasteiger partial charge in [-0.3, -0.25) is 10.1 Å². The highest BCUT2D eigenvalue weighted by Crippen LogP contribution is 2.26. The zero-order valence-corrected chi connectivity index (χ0v) is 13.6. The Morgan fingerprint density at radius 2 is 2.00 bits per heavy atom. The lowest BCUT2D eigenvalue weighted by atomic mass is 10.1. The molecular weight excluding hydrogens is 316 g/mol. The van der Waals surface area contributed by atoms with E-state index >= 15 is 0 Å². The van der Waals surface area contributed by atoms with E-state index in [0.29, 0.717) is 12.5 Å². The second-order valence-electron chi connectivity index (χ2n) is 5.16. The number of halogens is 1. The molecule has 8 heteroatoms. The van der Waals surface area contributed by atoms with Crippen molar-refractivity contribution in [2.45, 2.75) is 38.0 Å². The van der Waals surface area contributed by atoms with Crippen molar-refractivity contribution in [1.82, 2.24) is 4.72 Å². The topological polar surface area (TPSA) is 89.3 Å². The van der Waals surface area contributed by atoms with Crippen molar-refractivity contribution in [1.29, 1.82) is 0 Å². The first-order chi connectivity index (χ1) is 9.74. The van der Waals surface area contributed by atoms with Gasteiger partial charge < -0.3 is 0 Å². The van der Waals surface area contributed by atoms with Crippen LogP contribution >= 0.6 is 11.6 Å². The van der Waals surface area contributed by atoms with Crippen molar-refractivity contribution in [3.05, 3.63) is 33.3 Å². The van der Waals surface area contributed by atoms with Crippen LogP contribution < -0.4 is 4.72 Å². The van der Waals surface area contributed by atoms with Gasteiger partial charge in [-0.25, -0.2) is 13.1 Å². The van der Waals surface area contributed by atoms with E-state index in [2.05, 4.69) is 18.6 Å². The van der Waals surface area contributed by atoms with Gasteiger partial charge in [-0.2, -0.15) is 0 Å². The van der Waals surface area contributed by atoms with Gasteiger partial charge in [0.25, 0.3) is 5.69 Å². The highest BCUT2D eigenvalue weighted by Gasteiger charge is 2.20. The fourth-order valence-corrected chi connectivity index (χ4v) is 3.05. The summed E-state index contributed by atoms with van der Waals surface area (Å²) in [6, 6.07) is 3.44. The average molecular weight is 335 g/mol. The summed E-state index contributed by atoms with van der Waals surface area (Å²) in [6.45, 7) is 4.53. The van der Waals surface area contributed by atoms with E-state index in [9.17, 15) is 18.5 Å². The lowest BCUT2D eigenvalue weighted by molar-refractivity contribution is -0.384. The van der Waals surface area contributed by atoms with Gasteiger partial charge in [0, 0.05) is 12.6 Å². The molecule has 0 amide bonds. The highest BCUT2D eigenvalue weighted by molar-refractivity contribution is 7.89. The first-order valence-corrected chi connectivity index (χ1v) is 8.53. The van der Waals surface area contributed by atoms with Gasteiger partial charge in [-0.1, -0.05) is 38.3 Å². The second-order valence-corrected chi connectivity index (χ2v) is 7.33. The smallest absolute Gasteiger partial charge is 0.258 e. The number of sulfonamides is 1. The summed E-state index contributed by atoms with van der Waals surface area (Å²) in [5, 5.41) is 10.7. The van der Waals surface area contributed by atoms with Crippen LogP contribution in [-0.4, -0.2) is 19.9 Å². The molecule has 1 aromatic carbocycles. The van der Waals surface area contributed by atoms with Crippen LogP contribution in [0.25, 0.3) is 0 Å². The number of nitrogens with zero attached hydrogens (tertiary/aromatic N) is 1. The number of unbranched alkanes of at least 4 members (excludes halogenated alkanes) is 1. The van der Waals surface area contributed by atoms with Crippen molar-refractivity contribution in [3.8, 4) is 0 Å². The van der Waals surface area contributed by atoms with Crippen LogP contribution in [0.1, 0.15) is 33.1 Å². The van der Waals surface area contributed by atoms with Gasteiger partial charge in [0.1, 0.15) is 5.02 Å².